The minimum absolute atomic E-state index is 0.402. The number of carbonyl (C=O) groups excluding carboxylic acids is 1. The standard InChI is InChI=1S/C15H23N3O3/c1-5-6-7-13(15(20)21)16-14(19)9-8-12-10(2)17-18(4)11(12)3/h8-9,13H,5-7H2,1-4H3,(H,16,19)(H,20,21)/b9-8+. The Morgan fingerprint density at radius 3 is 2.57 bits per heavy atom. The Morgan fingerprint density at radius 2 is 2.10 bits per heavy atom. The summed E-state index contributed by atoms with van der Waals surface area (Å²) in [4.78, 5) is 22.9. The van der Waals surface area contributed by atoms with Crippen molar-refractivity contribution in [3.63, 3.8) is 0 Å². The molecule has 0 fully saturated rings. The van der Waals surface area contributed by atoms with Crippen molar-refractivity contribution in [2.45, 2.75) is 46.1 Å². The number of carbonyl (C=O) groups is 2. The predicted molar refractivity (Wildman–Crippen MR) is 80.8 cm³/mol. The van der Waals surface area contributed by atoms with E-state index in [-0.39, 0.29) is 0 Å². The molecular weight excluding hydrogens is 270 g/mol. The van der Waals surface area contributed by atoms with Crippen LogP contribution in [-0.4, -0.2) is 32.8 Å². The van der Waals surface area contributed by atoms with E-state index in [4.69, 9.17) is 5.11 Å². The summed E-state index contributed by atoms with van der Waals surface area (Å²) in [5.41, 5.74) is 2.67. The molecule has 6 nitrogen and oxygen atoms in total. The lowest BCUT2D eigenvalue weighted by molar-refractivity contribution is -0.141. The van der Waals surface area contributed by atoms with E-state index < -0.39 is 17.9 Å². The molecule has 0 aliphatic carbocycles. The first-order valence-corrected chi connectivity index (χ1v) is 7.08. The van der Waals surface area contributed by atoms with Crippen LogP contribution in [0, 0.1) is 13.8 Å². The number of unbranched alkanes of at least 4 members (excludes halogenated alkanes) is 1. The molecule has 21 heavy (non-hydrogen) atoms. The van der Waals surface area contributed by atoms with Crippen molar-refractivity contribution in [3.8, 4) is 0 Å². The monoisotopic (exact) mass is 293 g/mol. The van der Waals surface area contributed by atoms with Gasteiger partial charge >= 0.3 is 5.97 Å². The highest BCUT2D eigenvalue weighted by Crippen LogP contribution is 2.13. The third-order valence-electron chi connectivity index (χ3n) is 3.43. The van der Waals surface area contributed by atoms with Gasteiger partial charge in [-0.1, -0.05) is 19.8 Å². The fourth-order valence-corrected chi connectivity index (χ4v) is 2.08. The van der Waals surface area contributed by atoms with E-state index in [1.807, 2.05) is 27.8 Å². The Kier molecular flexibility index (Phi) is 6.14. The Labute approximate surface area is 124 Å². The average Bonchev–Trinajstić information content (AvgIpc) is 2.66. The first kappa shape index (κ1) is 16.9. The molecule has 0 aromatic carbocycles. The van der Waals surface area contributed by atoms with E-state index >= 15 is 0 Å². The number of aryl methyl sites for hydroxylation is 2. The van der Waals surface area contributed by atoms with Crippen molar-refractivity contribution in [1.29, 1.82) is 0 Å². The smallest absolute Gasteiger partial charge is 0.326 e. The Balaban J connectivity index is 2.71. The number of aliphatic carboxylic acids is 1. The average molecular weight is 293 g/mol. The number of rotatable bonds is 7. The minimum atomic E-state index is -1.00. The number of carboxylic acids is 1. The molecule has 1 atom stereocenters. The summed E-state index contributed by atoms with van der Waals surface area (Å²) in [5.74, 6) is -1.40. The van der Waals surface area contributed by atoms with E-state index in [0.29, 0.717) is 6.42 Å². The molecular formula is C15H23N3O3. The second kappa shape index (κ2) is 7.61. The van der Waals surface area contributed by atoms with Crippen LogP contribution in [0.5, 0.6) is 0 Å². The van der Waals surface area contributed by atoms with Gasteiger partial charge in [-0.05, 0) is 26.3 Å². The summed E-state index contributed by atoms with van der Waals surface area (Å²) in [6.07, 6.45) is 5.13. The maximum absolute atomic E-state index is 11.8. The summed E-state index contributed by atoms with van der Waals surface area (Å²) in [6.45, 7) is 5.76. The van der Waals surface area contributed by atoms with Gasteiger partial charge in [0, 0.05) is 24.4 Å². The van der Waals surface area contributed by atoms with Crippen LogP contribution in [0.1, 0.15) is 43.1 Å². The van der Waals surface area contributed by atoms with E-state index in [2.05, 4.69) is 10.4 Å². The molecule has 1 heterocycles. The zero-order valence-corrected chi connectivity index (χ0v) is 13.0. The van der Waals surface area contributed by atoms with Gasteiger partial charge in [-0.2, -0.15) is 5.10 Å². The molecule has 0 bridgehead atoms. The van der Waals surface area contributed by atoms with Gasteiger partial charge in [0.2, 0.25) is 5.91 Å². The number of hydrogen-bond donors (Lipinski definition) is 2. The largest absolute Gasteiger partial charge is 0.480 e. The number of carboxylic acid groups (broad SMARTS) is 1. The molecule has 0 spiro atoms. The van der Waals surface area contributed by atoms with Crippen molar-refractivity contribution in [2.24, 2.45) is 7.05 Å². The number of amides is 1. The molecule has 0 saturated heterocycles. The molecule has 1 unspecified atom stereocenters. The normalized spacial score (nSPS) is 12.6. The van der Waals surface area contributed by atoms with Crippen LogP contribution in [0.15, 0.2) is 6.08 Å². The van der Waals surface area contributed by atoms with Gasteiger partial charge in [0.05, 0.1) is 5.69 Å². The van der Waals surface area contributed by atoms with Crippen LogP contribution in [0.2, 0.25) is 0 Å². The summed E-state index contributed by atoms with van der Waals surface area (Å²) in [6, 6.07) is -0.835. The third-order valence-corrected chi connectivity index (χ3v) is 3.43. The van der Waals surface area contributed by atoms with Crippen molar-refractivity contribution >= 4 is 18.0 Å². The fraction of sp³-hybridized carbons (Fsp3) is 0.533. The number of nitrogens with zero attached hydrogens (tertiary/aromatic N) is 2. The summed E-state index contributed by atoms with van der Waals surface area (Å²) in [5, 5.41) is 15.8. The number of hydrogen-bond acceptors (Lipinski definition) is 3. The zero-order chi connectivity index (χ0) is 16.0. The van der Waals surface area contributed by atoms with Crippen LogP contribution in [0.4, 0.5) is 0 Å². The highest BCUT2D eigenvalue weighted by molar-refractivity contribution is 5.94. The first-order chi connectivity index (χ1) is 9.86. The van der Waals surface area contributed by atoms with Crippen LogP contribution in [0.3, 0.4) is 0 Å². The van der Waals surface area contributed by atoms with Crippen LogP contribution < -0.4 is 5.32 Å². The van der Waals surface area contributed by atoms with Crippen molar-refractivity contribution in [1.82, 2.24) is 15.1 Å². The predicted octanol–water partition coefficient (Wildman–Crippen LogP) is 1.81. The minimum Gasteiger partial charge on any atom is -0.480 e. The SMILES string of the molecule is CCCCC(NC(=O)/C=C/c1c(C)nn(C)c1C)C(=O)O. The van der Waals surface area contributed by atoms with Crippen molar-refractivity contribution in [2.75, 3.05) is 0 Å². The van der Waals surface area contributed by atoms with Gasteiger partial charge < -0.3 is 10.4 Å². The third kappa shape index (κ3) is 4.73. The molecule has 1 amide bonds. The van der Waals surface area contributed by atoms with Crippen LogP contribution in [0.25, 0.3) is 6.08 Å². The molecule has 1 aromatic heterocycles. The van der Waals surface area contributed by atoms with E-state index in [9.17, 15) is 9.59 Å². The van der Waals surface area contributed by atoms with E-state index in [1.165, 1.54) is 6.08 Å². The van der Waals surface area contributed by atoms with Gasteiger partial charge in [-0.25, -0.2) is 4.79 Å². The van der Waals surface area contributed by atoms with Gasteiger partial charge in [-0.3, -0.25) is 9.48 Å². The fourth-order valence-electron chi connectivity index (χ4n) is 2.08. The zero-order valence-electron chi connectivity index (χ0n) is 13.0. The highest BCUT2D eigenvalue weighted by atomic mass is 16.4. The maximum atomic E-state index is 11.8. The second-order valence-corrected chi connectivity index (χ2v) is 5.08. The number of aromatic nitrogens is 2. The molecule has 0 aliphatic rings. The maximum Gasteiger partial charge on any atom is 0.326 e. The molecule has 1 rings (SSSR count). The molecule has 116 valence electrons. The molecule has 0 aliphatic heterocycles. The topological polar surface area (TPSA) is 84.2 Å². The number of nitrogens with one attached hydrogen (secondary N) is 1. The molecule has 0 saturated carbocycles. The van der Waals surface area contributed by atoms with E-state index in [1.54, 1.807) is 10.8 Å². The lowest BCUT2D eigenvalue weighted by Gasteiger charge is -2.12. The lowest BCUT2D eigenvalue weighted by Crippen LogP contribution is -2.39. The molecule has 1 aromatic rings. The highest BCUT2D eigenvalue weighted by Gasteiger charge is 2.18. The van der Waals surface area contributed by atoms with Gasteiger partial charge in [-0.15, -0.1) is 0 Å². The lowest BCUT2D eigenvalue weighted by atomic mass is 10.1. The van der Waals surface area contributed by atoms with Crippen molar-refractivity contribution in [3.05, 3.63) is 23.0 Å². The van der Waals surface area contributed by atoms with Gasteiger partial charge in [0.25, 0.3) is 0 Å². The molecule has 2 N–H and O–H groups in total. The second-order valence-electron chi connectivity index (χ2n) is 5.08. The first-order valence-electron chi connectivity index (χ1n) is 7.08. The Hall–Kier alpha value is -2.11. The Bertz CT molecular complexity index is 547. The molecule has 6 heteroatoms. The molecule has 0 radical (unpaired) electrons. The van der Waals surface area contributed by atoms with Crippen molar-refractivity contribution < 1.29 is 14.7 Å². The summed E-state index contributed by atoms with van der Waals surface area (Å²) >= 11 is 0. The quantitative estimate of drug-likeness (QED) is 0.751. The van der Waals surface area contributed by atoms with Gasteiger partial charge in [0.15, 0.2) is 0 Å². The summed E-state index contributed by atoms with van der Waals surface area (Å²) < 4.78 is 1.74. The van der Waals surface area contributed by atoms with Gasteiger partial charge in [0.1, 0.15) is 6.04 Å². The summed E-state index contributed by atoms with van der Waals surface area (Å²) in [7, 11) is 1.84. The van der Waals surface area contributed by atoms with Crippen LogP contribution >= 0.6 is 0 Å². The van der Waals surface area contributed by atoms with E-state index in [0.717, 1.165) is 29.8 Å². The van der Waals surface area contributed by atoms with Crippen LogP contribution in [-0.2, 0) is 16.6 Å². The Morgan fingerprint density at radius 1 is 1.43 bits per heavy atom.